The van der Waals surface area contributed by atoms with E-state index in [-0.39, 0.29) is 0 Å². The van der Waals surface area contributed by atoms with E-state index in [0.29, 0.717) is 0 Å². The highest BCUT2D eigenvalue weighted by atomic mass is 32.1. The Labute approximate surface area is 88.5 Å². The number of nitrogens with zero attached hydrogens (tertiary/aromatic N) is 4. The lowest BCUT2D eigenvalue weighted by Gasteiger charge is -2.31. The third kappa shape index (κ3) is 2.04. The fourth-order valence-electron chi connectivity index (χ4n) is 1.51. The third-order valence-corrected chi connectivity index (χ3v) is 3.66. The van der Waals surface area contributed by atoms with Crippen LogP contribution in [0.4, 0.5) is 5.13 Å². The lowest BCUT2D eigenvalue weighted by molar-refractivity contribution is 0.312. The van der Waals surface area contributed by atoms with Crippen molar-refractivity contribution >= 4 is 16.5 Å². The van der Waals surface area contributed by atoms with E-state index in [0.717, 1.165) is 42.7 Å². The van der Waals surface area contributed by atoms with E-state index in [1.54, 1.807) is 11.3 Å². The molecule has 0 amide bonds. The monoisotopic (exact) mass is 212 g/mol. The summed E-state index contributed by atoms with van der Waals surface area (Å²) < 4.78 is 0. The first-order chi connectivity index (χ1) is 6.79. The van der Waals surface area contributed by atoms with E-state index in [9.17, 15) is 0 Å². The van der Waals surface area contributed by atoms with Gasteiger partial charge >= 0.3 is 0 Å². The van der Waals surface area contributed by atoms with Crippen LogP contribution in [0.2, 0.25) is 0 Å². The molecule has 1 aromatic heterocycles. The SMILES string of the molecule is CCc1nnc(N2CCN(C)CC2)s1. The van der Waals surface area contributed by atoms with Crippen LogP contribution in [0.15, 0.2) is 0 Å². The maximum atomic E-state index is 4.21. The van der Waals surface area contributed by atoms with E-state index in [1.807, 2.05) is 0 Å². The van der Waals surface area contributed by atoms with E-state index >= 15 is 0 Å². The molecule has 4 nitrogen and oxygen atoms in total. The quantitative estimate of drug-likeness (QED) is 0.727. The predicted molar refractivity (Wildman–Crippen MR) is 59.0 cm³/mol. The number of hydrogen-bond acceptors (Lipinski definition) is 5. The molecule has 1 aliphatic rings. The maximum absolute atomic E-state index is 4.21. The van der Waals surface area contributed by atoms with Gasteiger partial charge in [0.2, 0.25) is 5.13 Å². The summed E-state index contributed by atoms with van der Waals surface area (Å²) in [4.78, 5) is 4.68. The molecule has 2 rings (SSSR count). The van der Waals surface area contributed by atoms with Crippen molar-refractivity contribution in [3.8, 4) is 0 Å². The van der Waals surface area contributed by atoms with E-state index in [4.69, 9.17) is 0 Å². The van der Waals surface area contributed by atoms with Gasteiger partial charge in [0.05, 0.1) is 0 Å². The first-order valence-corrected chi connectivity index (χ1v) is 5.87. The molecule has 14 heavy (non-hydrogen) atoms. The van der Waals surface area contributed by atoms with Gasteiger partial charge in [0.15, 0.2) is 0 Å². The highest BCUT2D eigenvalue weighted by Gasteiger charge is 2.17. The second-order valence-electron chi connectivity index (χ2n) is 3.62. The van der Waals surface area contributed by atoms with Gasteiger partial charge in [-0.2, -0.15) is 0 Å². The molecular formula is C9H16N4S. The molecule has 0 aliphatic carbocycles. The Bertz CT molecular complexity index is 291. The Morgan fingerprint density at radius 2 is 1.93 bits per heavy atom. The summed E-state index contributed by atoms with van der Waals surface area (Å²) in [6.45, 7) is 6.53. The minimum absolute atomic E-state index is 0.991. The summed E-state index contributed by atoms with van der Waals surface area (Å²) in [5.41, 5.74) is 0. The molecule has 0 N–H and O–H groups in total. The van der Waals surface area contributed by atoms with Crippen molar-refractivity contribution in [1.29, 1.82) is 0 Å². The Kier molecular flexibility index (Phi) is 2.98. The lowest BCUT2D eigenvalue weighted by atomic mass is 10.3. The summed E-state index contributed by atoms with van der Waals surface area (Å²) in [6, 6.07) is 0. The number of anilines is 1. The standard InChI is InChI=1S/C9H16N4S/c1-3-8-10-11-9(14-8)13-6-4-12(2)5-7-13/h3-7H2,1-2H3. The van der Waals surface area contributed by atoms with E-state index in [1.165, 1.54) is 0 Å². The Morgan fingerprint density at radius 1 is 1.21 bits per heavy atom. The van der Waals surface area contributed by atoms with Crippen LogP contribution < -0.4 is 4.90 Å². The second kappa shape index (κ2) is 4.23. The minimum Gasteiger partial charge on any atom is -0.344 e. The average molecular weight is 212 g/mol. The van der Waals surface area contributed by atoms with Crippen molar-refractivity contribution in [2.75, 3.05) is 38.1 Å². The Balaban J connectivity index is 2.01. The first-order valence-electron chi connectivity index (χ1n) is 5.05. The summed E-state index contributed by atoms with van der Waals surface area (Å²) >= 11 is 1.73. The molecule has 0 bridgehead atoms. The smallest absolute Gasteiger partial charge is 0.208 e. The molecule has 1 aromatic rings. The maximum Gasteiger partial charge on any atom is 0.208 e. The molecule has 5 heteroatoms. The van der Waals surface area contributed by atoms with Crippen molar-refractivity contribution in [2.24, 2.45) is 0 Å². The molecule has 0 atom stereocenters. The fourth-order valence-corrected chi connectivity index (χ4v) is 2.34. The highest BCUT2D eigenvalue weighted by Crippen LogP contribution is 2.21. The zero-order chi connectivity index (χ0) is 9.97. The fraction of sp³-hybridized carbons (Fsp3) is 0.778. The van der Waals surface area contributed by atoms with Crippen LogP contribution in [-0.2, 0) is 6.42 Å². The van der Waals surface area contributed by atoms with Crippen LogP contribution in [0.3, 0.4) is 0 Å². The van der Waals surface area contributed by atoms with Gasteiger partial charge in [-0.05, 0) is 13.5 Å². The van der Waals surface area contributed by atoms with Gasteiger partial charge in [-0.15, -0.1) is 10.2 Å². The number of aromatic nitrogens is 2. The number of aryl methyl sites for hydroxylation is 1. The Morgan fingerprint density at radius 3 is 2.50 bits per heavy atom. The van der Waals surface area contributed by atoms with Crippen molar-refractivity contribution in [1.82, 2.24) is 15.1 Å². The lowest BCUT2D eigenvalue weighted by Crippen LogP contribution is -2.44. The van der Waals surface area contributed by atoms with Crippen molar-refractivity contribution in [3.63, 3.8) is 0 Å². The predicted octanol–water partition coefficient (Wildman–Crippen LogP) is 0.852. The van der Waals surface area contributed by atoms with E-state index < -0.39 is 0 Å². The molecule has 0 saturated carbocycles. The van der Waals surface area contributed by atoms with Gasteiger partial charge in [-0.25, -0.2) is 0 Å². The van der Waals surface area contributed by atoms with Crippen molar-refractivity contribution in [3.05, 3.63) is 5.01 Å². The largest absolute Gasteiger partial charge is 0.344 e. The zero-order valence-corrected chi connectivity index (χ0v) is 9.55. The van der Waals surface area contributed by atoms with Gasteiger partial charge in [0.1, 0.15) is 5.01 Å². The first kappa shape index (κ1) is 9.86. The van der Waals surface area contributed by atoms with Crippen LogP contribution in [-0.4, -0.2) is 48.3 Å². The van der Waals surface area contributed by atoms with Crippen molar-refractivity contribution in [2.45, 2.75) is 13.3 Å². The van der Waals surface area contributed by atoms with Crippen LogP contribution >= 0.6 is 11.3 Å². The molecule has 0 unspecified atom stereocenters. The third-order valence-electron chi connectivity index (χ3n) is 2.53. The summed E-state index contributed by atoms with van der Waals surface area (Å²) in [7, 11) is 2.16. The Hall–Kier alpha value is -0.680. The average Bonchev–Trinajstić information content (AvgIpc) is 2.67. The molecular weight excluding hydrogens is 196 g/mol. The number of likely N-dealkylation sites (N-methyl/N-ethyl adjacent to an activating group) is 1. The van der Waals surface area contributed by atoms with Gasteiger partial charge < -0.3 is 9.80 Å². The van der Waals surface area contributed by atoms with Gasteiger partial charge in [-0.1, -0.05) is 18.3 Å². The number of rotatable bonds is 2. The summed E-state index contributed by atoms with van der Waals surface area (Å²) in [5, 5.41) is 10.6. The van der Waals surface area contributed by atoms with Crippen LogP contribution in [0, 0.1) is 0 Å². The van der Waals surface area contributed by atoms with Gasteiger partial charge in [-0.3, -0.25) is 0 Å². The molecule has 1 aliphatic heterocycles. The number of piperazine rings is 1. The van der Waals surface area contributed by atoms with Crippen LogP contribution in [0.25, 0.3) is 0 Å². The summed E-state index contributed by atoms with van der Waals surface area (Å²) in [5.74, 6) is 0. The molecule has 1 saturated heterocycles. The molecule has 78 valence electrons. The van der Waals surface area contributed by atoms with Gasteiger partial charge in [0, 0.05) is 26.2 Å². The van der Waals surface area contributed by atoms with Crippen molar-refractivity contribution < 1.29 is 0 Å². The molecule has 0 radical (unpaired) electrons. The van der Waals surface area contributed by atoms with Crippen LogP contribution in [0.5, 0.6) is 0 Å². The highest BCUT2D eigenvalue weighted by molar-refractivity contribution is 7.15. The van der Waals surface area contributed by atoms with Crippen LogP contribution in [0.1, 0.15) is 11.9 Å². The molecule has 2 heterocycles. The summed E-state index contributed by atoms with van der Waals surface area (Å²) in [6.07, 6.45) is 0.991. The molecule has 0 aromatic carbocycles. The second-order valence-corrected chi connectivity index (χ2v) is 4.66. The van der Waals surface area contributed by atoms with Gasteiger partial charge in [0.25, 0.3) is 0 Å². The normalized spacial score (nSPS) is 18.9. The number of hydrogen-bond donors (Lipinski definition) is 0. The molecule has 0 spiro atoms. The topological polar surface area (TPSA) is 32.3 Å². The molecule has 1 fully saturated rings. The van der Waals surface area contributed by atoms with E-state index in [2.05, 4.69) is 34.0 Å². The minimum atomic E-state index is 0.991. The zero-order valence-electron chi connectivity index (χ0n) is 8.73.